The lowest BCUT2D eigenvalue weighted by Crippen LogP contribution is -2.50. The first-order valence-corrected chi connectivity index (χ1v) is 10.9. The Balaban J connectivity index is 1.72. The number of hydrogen-bond donors (Lipinski definition) is 1. The largest absolute Gasteiger partial charge is 0.354 e. The third-order valence-electron chi connectivity index (χ3n) is 5.68. The van der Waals surface area contributed by atoms with Gasteiger partial charge in [-0.25, -0.2) is 0 Å². The van der Waals surface area contributed by atoms with Crippen LogP contribution < -0.4 is 5.32 Å². The molecule has 2 amide bonds. The summed E-state index contributed by atoms with van der Waals surface area (Å²) >= 11 is 0. The van der Waals surface area contributed by atoms with Crippen molar-refractivity contribution in [1.29, 1.82) is 0 Å². The van der Waals surface area contributed by atoms with Crippen LogP contribution in [0.25, 0.3) is 0 Å². The van der Waals surface area contributed by atoms with E-state index in [0.717, 1.165) is 30.4 Å². The van der Waals surface area contributed by atoms with Gasteiger partial charge < -0.3 is 10.2 Å². The summed E-state index contributed by atoms with van der Waals surface area (Å²) in [5.74, 6) is -0.175. The van der Waals surface area contributed by atoms with Gasteiger partial charge in [0.15, 0.2) is 0 Å². The van der Waals surface area contributed by atoms with Crippen molar-refractivity contribution >= 4 is 11.8 Å². The van der Waals surface area contributed by atoms with E-state index >= 15 is 0 Å². The summed E-state index contributed by atoms with van der Waals surface area (Å²) < 4.78 is 0. The van der Waals surface area contributed by atoms with Crippen LogP contribution in [0.3, 0.4) is 0 Å². The standard InChI is InChI=1S/C26H32N2O2/c1-21(29)28(20-24-15-9-4-10-16-24)25(19-23-13-7-3-8-14-23)26(30)27-18-17-22-11-5-2-6-12-22/h3-4,7-11,13-16,25H,2,5-6,12,17-20H2,1H3,(H,27,30)/t25-/m0/s1. The molecule has 3 rings (SSSR count). The quantitative estimate of drug-likeness (QED) is 0.618. The van der Waals surface area contributed by atoms with Crippen LogP contribution in [0.4, 0.5) is 0 Å². The first-order chi connectivity index (χ1) is 14.6. The first-order valence-electron chi connectivity index (χ1n) is 10.9. The summed E-state index contributed by atoms with van der Waals surface area (Å²) in [6, 6.07) is 19.2. The van der Waals surface area contributed by atoms with Gasteiger partial charge in [-0.3, -0.25) is 9.59 Å². The molecule has 0 heterocycles. The van der Waals surface area contributed by atoms with E-state index in [2.05, 4.69) is 11.4 Å². The zero-order chi connectivity index (χ0) is 21.2. The molecule has 4 nitrogen and oxygen atoms in total. The average Bonchev–Trinajstić information content (AvgIpc) is 2.78. The molecular formula is C26H32N2O2. The fourth-order valence-corrected chi connectivity index (χ4v) is 4.00. The predicted molar refractivity (Wildman–Crippen MR) is 121 cm³/mol. The molecule has 0 aromatic heterocycles. The van der Waals surface area contributed by atoms with E-state index in [1.54, 1.807) is 11.8 Å². The fourth-order valence-electron chi connectivity index (χ4n) is 4.00. The van der Waals surface area contributed by atoms with Crippen LogP contribution in [0.2, 0.25) is 0 Å². The van der Waals surface area contributed by atoms with Gasteiger partial charge in [-0.15, -0.1) is 0 Å². The summed E-state index contributed by atoms with van der Waals surface area (Å²) in [6.45, 7) is 2.58. The van der Waals surface area contributed by atoms with Crippen LogP contribution in [0.1, 0.15) is 50.2 Å². The summed E-state index contributed by atoms with van der Waals surface area (Å²) in [7, 11) is 0. The molecule has 0 unspecified atom stereocenters. The Labute approximate surface area is 180 Å². The van der Waals surface area contributed by atoms with Crippen molar-refractivity contribution in [2.75, 3.05) is 6.54 Å². The summed E-state index contributed by atoms with van der Waals surface area (Å²) in [5.41, 5.74) is 3.51. The lowest BCUT2D eigenvalue weighted by atomic mass is 9.97. The van der Waals surface area contributed by atoms with Gasteiger partial charge in [0.05, 0.1) is 0 Å². The Morgan fingerprint density at radius 2 is 1.63 bits per heavy atom. The molecule has 0 saturated heterocycles. The van der Waals surface area contributed by atoms with Crippen LogP contribution in [0, 0.1) is 0 Å². The molecule has 1 aliphatic carbocycles. The van der Waals surface area contributed by atoms with Crippen LogP contribution in [0.5, 0.6) is 0 Å². The predicted octanol–water partition coefficient (Wildman–Crippen LogP) is 4.65. The SMILES string of the molecule is CC(=O)N(Cc1ccccc1)[C@@H](Cc1ccccc1)C(=O)NCCC1=CCCCC1. The van der Waals surface area contributed by atoms with Gasteiger partial charge in [0.25, 0.3) is 0 Å². The minimum atomic E-state index is -0.537. The molecule has 0 saturated carbocycles. The van der Waals surface area contributed by atoms with Crippen molar-refractivity contribution < 1.29 is 9.59 Å². The third kappa shape index (κ3) is 6.58. The fraction of sp³-hybridized carbons (Fsp3) is 0.385. The topological polar surface area (TPSA) is 49.4 Å². The molecule has 0 bridgehead atoms. The number of carbonyl (C=O) groups excluding carboxylic acids is 2. The van der Waals surface area contributed by atoms with Crippen LogP contribution in [-0.2, 0) is 22.6 Å². The van der Waals surface area contributed by atoms with Crippen LogP contribution >= 0.6 is 0 Å². The number of amides is 2. The van der Waals surface area contributed by atoms with Crippen molar-refractivity contribution in [1.82, 2.24) is 10.2 Å². The molecule has 2 aromatic rings. The van der Waals surface area contributed by atoms with Gasteiger partial charge in [-0.05, 0) is 43.2 Å². The second-order valence-electron chi connectivity index (χ2n) is 7.99. The van der Waals surface area contributed by atoms with Crippen molar-refractivity contribution in [3.8, 4) is 0 Å². The minimum Gasteiger partial charge on any atom is -0.354 e. The lowest BCUT2D eigenvalue weighted by Gasteiger charge is -2.30. The molecule has 158 valence electrons. The number of allylic oxidation sites excluding steroid dienone is 1. The molecule has 0 aliphatic heterocycles. The highest BCUT2D eigenvalue weighted by Crippen LogP contribution is 2.20. The normalized spacial score (nSPS) is 14.5. The van der Waals surface area contributed by atoms with Crippen LogP contribution in [-0.4, -0.2) is 29.3 Å². The van der Waals surface area contributed by atoms with E-state index in [0.29, 0.717) is 19.5 Å². The minimum absolute atomic E-state index is 0.0820. The van der Waals surface area contributed by atoms with E-state index in [1.165, 1.54) is 18.4 Å². The molecule has 0 radical (unpaired) electrons. The molecular weight excluding hydrogens is 372 g/mol. The molecule has 4 heteroatoms. The maximum Gasteiger partial charge on any atom is 0.243 e. The van der Waals surface area contributed by atoms with Crippen molar-refractivity contribution in [3.05, 3.63) is 83.4 Å². The lowest BCUT2D eigenvalue weighted by molar-refractivity contribution is -0.139. The average molecular weight is 405 g/mol. The Morgan fingerprint density at radius 3 is 2.23 bits per heavy atom. The zero-order valence-corrected chi connectivity index (χ0v) is 17.8. The van der Waals surface area contributed by atoms with Gasteiger partial charge in [0.2, 0.25) is 11.8 Å². The number of rotatable bonds is 9. The highest BCUT2D eigenvalue weighted by atomic mass is 16.2. The van der Waals surface area contributed by atoms with Gasteiger partial charge in [0, 0.05) is 26.4 Å². The molecule has 2 aromatic carbocycles. The Hall–Kier alpha value is -2.88. The summed E-state index contributed by atoms with van der Waals surface area (Å²) in [6.07, 6.45) is 8.50. The van der Waals surface area contributed by atoms with Crippen LogP contribution in [0.15, 0.2) is 72.3 Å². The Kier molecular flexibility index (Phi) is 8.25. The summed E-state index contributed by atoms with van der Waals surface area (Å²) in [5, 5.41) is 3.10. The van der Waals surface area contributed by atoms with Gasteiger partial charge in [-0.2, -0.15) is 0 Å². The smallest absolute Gasteiger partial charge is 0.243 e. The van der Waals surface area contributed by atoms with Gasteiger partial charge >= 0.3 is 0 Å². The number of hydrogen-bond acceptors (Lipinski definition) is 2. The van der Waals surface area contributed by atoms with Gasteiger partial charge in [0.1, 0.15) is 6.04 Å². The van der Waals surface area contributed by atoms with E-state index in [1.807, 2.05) is 60.7 Å². The maximum absolute atomic E-state index is 13.2. The Morgan fingerprint density at radius 1 is 0.967 bits per heavy atom. The molecule has 1 atom stereocenters. The molecule has 0 spiro atoms. The number of carbonyl (C=O) groups is 2. The molecule has 1 aliphatic rings. The van der Waals surface area contributed by atoms with Crippen molar-refractivity contribution in [2.24, 2.45) is 0 Å². The molecule has 1 N–H and O–H groups in total. The van der Waals surface area contributed by atoms with Crippen molar-refractivity contribution in [3.63, 3.8) is 0 Å². The first kappa shape index (κ1) is 21.8. The van der Waals surface area contributed by atoms with E-state index in [4.69, 9.17) is 0 Å². The number of nitrogens with zero attached hydrogens (tertiary/aromatic N) is 1. The highest BCUT2D eigenvalue weighted by molar-refractivity contribution is 5.87. The van der Waals surface area contributed by atoms with E-state index in [-0.39, 0.29) is 11.8 Å². The second-order valence-corrected chi connectivity index (χ2v) is 7.99. The third-order valence-corrected chi connectivity index (χ3v) is 5.68. The van der Waals surface area contributed by atoms with Gasteiger partial charge in [-0.1, -0.05) is 72.3 Å². The van der Waals surface area contributed by atoms with E-state index < -0.39 is 6.04 Å². The monoisotopic (exact) mass is 404 g/mol. The highest BCUT2D eigenvalue weighted by Gasteiger charge is 2.28. The van der Waals surface area contributed by atoms with E-state index in [9.17, 15) is 9.59 Å². The zero-order valence-electron chi connectivity index (χ0n) is 17.8. The summed E-state index contributed by atoms with van der Waals surface area (Å²) in [4.78, 5) is 27.4. The number of benzene rings is 2. The second kappa shape index (κ2) is 11.3. The maximum atomic E-state index is 13.2. The molecule has 0 fully saturated rings. The Bertz CT molecular complexity index is 846. The molecule has 30 heavy (non-hydrogen) atoms. The van der Waals surface area contributed by atoms with Crippen molar-refractivity contribution in [2.45, 2.75) is 58.0 Å². The number of nitrogens with one attached hydrogen (secondary N) is 1.